The molecule has 0 N–H and O–H groups in total. The van der Waals surface area contributed by atoms with Crippen molar-refractivity contribution in [2.45, 2.75) is 0 Å². The molecule has 0 aliphatic rings. The van der Waals surface area contributed by atoms with Crippen molar-refractivity contribution in [1.29, 1.82) is 0 Å². The van der Waals surface area contributed by atoms with Crippen LogP contribution in [0, 0.1) is 0 Å². The summed E-state index contributed by atoms with van der Waals surface area (Å²) in [6.45, 7) is 0. The molecule has 2 aromatic heterocycles. The molecule has 0 aliphatic heterocycles. The molecule has 5 nitrogen and oxygen atoms in total. The number of rotatable bonds is 2. The highest BCUT2D eigenvalue weighted by atomic mass is 35.5. The van der Waals surface area contributed by atoms with Gasteiger partial charge in [0.15, 0.2) is 0 Å². The monoisotopic (exact) mass is 337 g/mol. The summed E-state index contributed by atoms with van der Waals surface area (Å²) in [6.07, 6.45) is 1.70. The maximum atomic E-state index is 12.7. The van der Waals surface area contributed by atoms with Crippen molar-refractivity contribution in [2.24, 2.45) is 7.05 Å². The molecule has 0 atom stereocenters. The zero-order valence-electron chi connectivity index (χ0n) is 12.7. The summed E-state index contributed by atoms with van der Waals surface area (Å²) in [5.74, 6) is 0.530. The van der Waals surface area contributed by atoms with Crippen LogP contribution in [0.4, 0.5) is 0 Å². The van der Waals surface area contributed by atoms with Crippen molar-refractivity contribution >= 4 is 22.5 Å². The van der Waals surface area contributed by atoms with Crippen molar-refractivity contribution in [3.63, 3.8) is 0 Å². The second-order valence-electron chi connectivity index (χ2n) is 5.40. The Labute approximate surface area is 142 Å². The second kappa shape index (κ2) is 5.62. The summed E-state index contributed by atoms with van der Waals surface area (Å²) in [4.78, 5) is 17.1. The molecule has 0 unspecified atom stereocenters. The first-order valence-corrected chi connectivity index (χ1v) is 7.70. The van der Waals surface area contributed by atoms with Crippen LogP contribution in [0.2, 0.25) is 5.02 Å². The molecule has 0 amide bonds. The maximum Gasteiger partial charge on any atom is 0.263 e. The van der Waals surface area contributed by atoms with Gasteiger partial charge in [0.05, 0.1) is 10.5 Å². The average Bonchev–Trinajstić information content (AvgIpc) is 3.08. The van der Waals surface area contributed by atoms with Crippen LogP contribution in [-0.2, 0) is 7.05 Å². The molecule has 0 spiro atoms. The van der Waals surface area contributed by atoms with Gasteiger partial charge in [-0.1, -0.05) is 41.0 Å². The van der Waals surface area contributed by atoms with E-state index < -0.39 is 0 Å². The highest BCUT2D eigenvalue weighted by molar-refractivity contribution is 6.33. The number of para-hydroxylation sites is 1. The Kier molecular flexibility index (Phi) is 3.43. The molecule has 2 aromatic carbocycles. The number of aromatic nitrogens is 3. The molecule has 4 aromatic rings. The number of nitrogens with zero attached hydrogens (tertiary/aromatic N) is 3. The van der Waals surface area contributed by atoms with Gasteiger partial charge in [0.25, 0.3) is 5.89 Å². The number of pyridine rings is 1. The summed E-state index contributed by atoms with van der Waals surface area (Å²) >= 11 is 6.16. The van der Waals surface area contributed by atoms with E-state index in [4.69, 9.17) is 16.1 Å². The third kappa shape index (κ3) is 2.30. The molecule has 0 radical (unpaired) electrons. The number of hydrogen-bond acceptors (Lipinski definition) is 4. The maximum absolute atomic E-state index is 12.7. The highest BCUT2D eigenvalue weighted by Crippen LogP contribution is 2.27. The highest BCUT2D eigenvalue weighted by Gasteiger charge is 2.17. The summed E-state index contributed by atoms with van der Waals surface area (Å²) < 4.78 is 7.18. The molecule has 0 fully saturated rings. The van der Waals surface area contributed by atoms with Crippen LogP contribution in [-0.4, -0.2) is 14.7 Å². The molecule has 24 heavy (non-hydrogen) atoms. The lowest BCUT2D eigenvalue weighted by Crippen LogP contribution is -2.10. The van der Waals surface area contributed by atoms with Crippen molar-refractivity contribution in [3.8, 4) is 22.8 Å². The topological polar surface area (TPSA) is 60.9 Å². The van der Waals surface area contributed by atoms with E-state index in [-0.39, 0.29) is 11.3 Å². The number of fused-ring (bicyclic) bond motifs is 1. The summed E-state index contributed by atoms with van der Waals surface area (Å²) in [5, 5.41) is 5.09. The minimum Gasteiger partial charge on any atom is -0.350 e. The predicted molar refractivity (Wildman–Crippen MR) is 92.9 cm³/mol. The molecule has 6 heteroatoms. The van der Waals surface area contributed by atoms with Gasteiger partial charge in [-0.15, -0.1) is 0 Å². The summed E-state index contributed by atoms with van der Waals surface area (Å²) in [5.41, 5.74) is 1.73. The molecule has 118 valence electrons. The largest absolute Gasteiger partial charge is 0.350 e. The van der Waals surface area contributed by atoms with E-state index in [1.165, 1.54) is 0 Å². The van der Waals surface area contributed by atoms with Gasteiger partial charge in [0.1, 0.15) is 5.56 Å². The molecular formula is C18H12ClN3O2. The fourth-order valence-corrected chi connectivity index (χ4v) is 2.90. The van der Waals surface area contributed by atoms with Crippen LogP contribution in [0.25, 0.3) is 33.7 Å². The Hall–Kier alpha value is -2.92. The van der Waals surface area contributed by atoms with Crippen LogP contribution >= 0.6 is 11.6 Å². The van der Waals surface area contributed by atoms with Crippen LogP contribution in [0.3, 0.4) is 0 Å². The quantitative estimate of drug-likeness (QED) is 0.556. The van der Waals surface area contributed by atoms with Crippen LogP contribution < -0.4 is 5.43 Å². The molecule has 2 heterocycles. The molecule has 0 saturated heterocycles. The Bertz CT molecular complexity index is 1110. The zero-order chi connectivity index (χ0) is 16.7. The van der Waals surface area contributed by atoms with E-state index >= 15 is 0 Å². The van der Waals surface area contributed by atoms with Gasteiger partial charge in [-0.2, -0.15) is 4.98 Å². The smallest absolute Gasteiger partial charge is 0.263 e. The van der Waals surface area contributed by atoms with Gasteiger partial charge in [0, 0.05) is 24.2 Å². The number of hydrogen-bond donors (Lipinski definition) is 0. The molecule has 0 bridgehead atoms. The van der Waals surface area contributed by atoms with Crippen molar-refractivity contribution in [1.82, 2.24) is 14.7 Å². The van der Waals surface area contributed by atoms with Gasteiger partial charge in [-0.05, 0) is 24.3 Å². The normalized spacial score (nSPS) is 11.1. The van der Waals surface area contributed by atoms with Gasteiger partial charge in [-0.25, -0.2) is 0 Å². The molecule has 0 saturated carbocycles. The molecular weight excluding hydrogens is 326 g/mol. The lowest BCUT2D eigenvalue weighted by atomic mass is 10.1. The van der Waals surface area contributed by atoms with E-state index in [9.17, 15) is 4.79 Å². The minimum absolute atomic E-state index is 0.141. The van der Waals surface area contributed by atoms with Gasteiger partial charge >= 0.3 is 0 Å². The Morgan fingerprint density at radius 2 is 1.79 bits per heavy atom. The van der Waals surface area contributed by atoms with Gasteiger partial charge < -0.3 is 9.09 Å². The number of halogens is 1. The fourth-order valence-electron chi connectivity index (χ4n) is 2.68. The van der Waals surface area contributed by atoms with Crippen LogP contribution in [0.15, 0.2) is 64.0 Å². The van der Waals surface area contributed by atoms with Gasteiger partial charge in [0.2, 0.25) is 11.3 Å². The van der Waals surface area contributed by atoms with Crippen molar-refractivity contribution in [2.75, 3.05) is 0 Å². The zero-order valence-corrected chi connectivity index (χ0v) is 13.5. The Morgan fingerprint density at radius 3 is 2.62 bits per heavy atom. The third-order valence-corrected chi connectivity index (χ3v) is 4.20. The Balaban J connectivity index is 1.89. The van der Waals surface area contributed by atoms with Crippen molar-refractivity contribution in [3.05, 3.63) is 70.0 Å². The van der Waals surface area contributed by atoms with Gasteiger partial charge in [-0.3, -0.25) is 4.79 Å². The van der Waals surface area contributed by atoms with Crippen LogP contribution in [0.5, 0.6) is 0 Å². The lowest BCUT2D eigenvalue weighted by molar-refractivity contribution is 0.432. The predicted octanol–water partition coefficient (Wildman–Crippen LogP) is 3.91. The van der Waals surface area contributed by atoms with E-state index in [0.29, 0.717) is 27.4 Å². The number of aryl methyl sites for hydroxylation is 1. The first-order valence-electron chi connectivity index (χ1n) is 7.32. The van der Waals surface area contributed by atoms with E-state index in [1.54, 1.807) is 24.4 Å². The lowest BCUT2D eigenvalue weighted by Gasteiger charge is -2.06. The van der Waals surface area contributed by atoms with Crippen LogP contribution in [0.1, 0.15) is 0 Å². The average molecular weight is 338 g/mol. The minimum atomic E-state index is -0.141. The van der Waals surface area contributed by atoms with Crippen molar-refractivity contribution < 1.29 is 4.52 Å². The fraction of sp³-hybridized carbons (Fsp3) is 0.0556. The SMILES string of the molecule is Cn1cc(-c2nc(-c3ccccc3Cl)no2)c(=O)c2ccccc21. The first kappa shape index (κ1) is 14.7. The standard InChI is InChI=1S/C18H12ClN3O2/c1-22-10-13(16(23)12-7-3-5-9-15(12)22)18-20-17(21-24-18)11-6-2-4-8-14(11)19/h2-10H,1H3. The summed E-state index contributed by atoms with van der Waals surface area (Å²) in [6, 6.07) is 14.6. The molecule has 4 rings (SSSR count). The Morgan fingerprint density at radius 1 is 1.04 bits per heavy atom. The van der Waals surface area contributed by atoms with E-state index in [0.717, 1.165) is 5.52 Å². The van der Waals surface area contributed by atoms with E-state index in [2.05, 4.69) is 10.1 Å². The number of benzene rings is 2. The summed E-state index contributed by atoms with van der Waals surface area (Å²) in [7, 11) is 1.87. The molecule has 0 aliphatic carbocycles. The second-order valence-corrected chi connectivity index (χ2v) is 5.81. The van der Waals surface area contributed by atoms with E-state index in [1.807, 2.05) is 41.9 Å². The third-order valence-electron chi connectivity index (χ3n) is 3.87. The first-order chi connectivity index (χ1) is 11.6.